The van der Waals surface area contributed by atoms with Gasteiger partial charge in [-0.3, -0.25) is 9.69 Å². The van der Waals surface area contributed by atoms with Crippen molar-refractivity contribution in [2.45, 2.75) is 19.9 Å². The third-order valence-corrected chi connectivity index (χ3v) is 4.55. The Labute approximate surface area is 124 Å². The summed E-state index contributed by atoms with van der Waals surface area (Å²) in [5.41, 5.74) is 1.14. The van der Waals surface area contributed by atoms with Gasteiger partial charge in [-0.05, 0) is 30.5 Å². The molecule has 1 fully saturated rings. The van der Waals surface area contributed by atoms with Crippen LogP contribution in [0.25, 0.3) is 0 Å². The molecule has 0 bridgehead atoms. The van der Waals surface area contributed by atoms with E-state index in [0.29, 0.717) is 19.8 Å². The fourth-order valence-corrected chi connectivity index (χ4v) is 3.17. The van der Waals surface area contributed by atoms with Crippen LogP contribution in [0.15, 0.2) is 18.2 Å². The summed E-state index contributed by atoms with van der Waals surface area (Å²) < 4.78 is 11.2. The number of rotatable bonds is 3. The van der Waals surface area contributed by atoms with Crippen LogP contribution >= 0.6 is 0 Å². The van der Waals surface area contributed by atoms with E-state index < -0.39 is 5.97 Å². The topological polar surface area (TPSA) is 59.0 Å². The molecule has 3 atom stereocenters. The molecular weight excluding hydrogens is 270 g/mol. The molecule has 0 amide bonds. The molecule has 1 unspecified atom stereocenters. The molecule has 114 valence electrons. The minimum Gasteiger partial charge on any atom is -0.486 e. The van der Waals surface area contributed by atoms with Crippen molar-refractivity contribution in [3.05, 3.63) is 23.8 Å². The number of nitrogens with zero attached hydrogens (tertiary/aromatic N) is 1. The molecule has 0 spiro atoms. The number of carbonyl (C=O) groups is 1. The summed E-state index contributed by atoms with van der Waals surface area (Å²) in [5.74, 6) is 0.786. The van der Waals surface area contributed by atoms with Gasteiger partial charge in [0.15, 0.2) is 11.5 Å². The van der Waals surface area contributed by atoms with Crippen LogP contribution < -0.4 is 9.47 Å². The SMILES string of the molecule is CC(c1ccc2c(c1)OCCO2)N1C[C@@H](C)[C@H](C(=O)O)C1. The van der Waals surface area contributed by atoms with Crippen LogP contribution in [0.1, 0.15) is 25.5 Å². The molecule has 21 heavy (non-hydrogen) atoms. The highest BCUT2D eigenvalue weighted by molar-refractivity contribution is 5.71. The van der Waals surface area contributed by atoms with Crippen molar-refractivity contribution in [1.82, 2.24) is 4.90 Å². The molecule has 0 saturated carbocycles. The molecule has 0 aromatic heterocycles. The summed E-state index contributed by atoms with van der Waals surface area (Å²) in [5, 5.41) is 9.25. The molecule has 5 nitrogen and oxygen atoms in total. The standard InChI is InChI=1S/C16H21NO4/c1-10-8-17(9-13(10)16(18)19)11(2)12-3-4-14-15(7-12)21-6-5-20-14/h3-4,7,10-11,13H,5-6,8-9H2,1-2H3,(H,18,19)/t10-,11?,13-/m1/s1. The molecule has 1 saturated heterocycles. The van der Waals surface area contributed by atoms with Crippen molar-refractivity contribution in [2.24, 2.45) is 11.8 Å². The first-order valence-electron chi connectivity index (χ1n) is 7.42. The second-order valence-corrected chi connectivity index (χ2v) is 5.95. The number of carboxylic acid groups (broad SMARTS) is 1. The fourth-order valence-electron chi connectivity index (χ4n) is 3.17. The van der Waals surface area contributed by atoms with Crippen LogP contribution in [0.3, 0.4) is 0 Å². The van der Waals surface area contributed by atoms with E-state index in [1.54, 1.807) is 0 Å². The van der Waals surface area contributed by atoms with E-state index in [0.717, 1.165) is 23.6 Å². The van der Waals surface area contributed by atoms with E-state index in [2.05, 4.69) is 11.8 Å². The molecule has 1 aromatic rings. The van der Waals surface area contributed by atoms with Crippen molar-refractivity contribution >= 4 is 5.97 Å². The zero-order valence-corrected chi connectivity index (χ0v) is 12.4. The Kier molecular flexibility index (Phi) is 3.76. The van der Waals surface area contributed by atoms with Gasteiger partial charge in [0.25, 0.3) is 0 Å². The van der Waals surface area contributed by atoms with Gasteiger partial charge in [0.1, 0.15) is 13.2 Å². The number of carboxylic acids is 1. The van der Waals surface area contributed by atoms with E-state index in [1.807, 2.05) is 25.1 Å². The van der Waals surface area contributed by atoms with Crippen molar-refractivity contribution in [3.8, 4) is 11.5 Å². The quantitative estimate of drug-likeness (QED) is 0.925. The van der Waals surface area contributed by atoms with Crippen molar-refractivity contribution < 1.29 is 19.4 Å². The van der Waals surface area contributed by atoms with Gasteiger partial charge in [-0.2, -0.15) is 0 Å². The van der Waals surface area contributed by atoms with Gasteiger partial charge in [0.05, 0.1) is 5.92 Å². The first-order chi connectivity index (χ1) is 10.1. The van der Waals surface area contributed by atoms with Crippen LogP contribution in [0.5, 0.6) is 11.5 Å². The van der Waals surface area contributed by atoms with Crippen molar-refractivity contribution in [1.29, 1.82) is 0 Å². The van der Waals surface area contributed by atoms with Gasteiger partial charge in [-0.15, -0.1) is 0 Å². The predicted octanol–water partition coefficient (Wildman–Crippen LogP) is 2.17. The number of hydrogen-bond acceptors (Lipinski definition) is 4. The summed E-state index contributed by atoms with van der Waals surface area (Å²) in [7, 11) is 0. The lowest BCUT2D eigenvalue weighted by molar-refractivity contribution is -0.142. The van der Waals surface area contributed by atoms with Gasteiger partial charge < -0.3 is 14.6 Å². The molecule has 1 N–H and O–H groups in total. The molecule has 2 aliphatic heterocycles. The monoisotopic (exact) mass is 291 g/mol. The van der Waals surface area contributed by atoms with E-state index >= 15 is 0 Å². The van der Waals surface area contributed by atoms with Gasteiger partial charge in [-0.1, -0.05) is 13.0 Å². The largest absolute Gasteiger partial charge is 0.486 e. The van der Waals surface area contributed by atoms with E-state index in [1.165, 1.54) is 0 Å². The minimum atomic E-state index is -0.695. The fraction of sp³-hybridized carbons (Fsp3) is 0.562. The van der Waals surface area contributed by atoms with Crippen LogP contribution in [-0.2, 0) is 4.79 Å². The minimum absolute atomic E-state index is 0.174. The van der Waals surface area contributed by atoms with Crippen LogP contribution in [-0.4, -0.2) is 42.3 Å². The lowest BCUT2D eigenvalue weighted by Gasteiger charge is -2.26. The predicted molar refractivity (Wildman–Crippen MR) is 77.7 cm³/mol. The maximum atomic E-state index is 11.2. The number of benzene rings is 1. The Morgan fingerprint density at radius 2 is 2.00 bits per heavy atom. The lowest BCUT2D eigenvalue weighted by Crippen LogP contribution is -2.26. The highest BCUT2D eigenvalue weighted by atomic mass is 16.6. The summed E-state index contributed by atoms with van der Waals surface area (Å²) in [4.78, 5) is 13.5. The number of fused-ring (bicyclic) bond motifs is 1. The smallest absolute Gasteiger partial charge is 0.308 e. The third kappa shape index (κ3) is 2.70. The van der Waals surface area contributed by atoms with Crippen LogP contribution in [0.4, 0.5) is 0 Å². The van der Waals surface area contributed by atoms with Crippen molar-refractivity contribution in [3.63, 3.8) is 0 Å². The van der Waals surface area contributed by atoms with Gasteiger partial charge in [0.2, 0.25) is 0 Å². The second kappa shape index (κ2) is 5.56. The highest BCUT2D eigenvalue weighted by Crippen LogP contribution is 2.36. The normalized spacial score (nSPS) is 26.6. The van der Waals surface area contributed by atoms with E-state index in [4.69, 9.17) is 9.47 Å². The average Bonchev–Trinajstić information content (AvgIpc) is 2.88. The number of aliphatic carboxylic acids is 1. The van der Waals surface area contributed by atoms with E-state index in [-0.39, 0.29) is 17.9 Å². The highest BCUT2D eigenvalue weighted by Gasteiger charge is 2.37. The first-order valence-corrected chi connectivity index (χ1v) is 7.42. The summed E-state index contributed by atoms with van der Waals surface area (Å²) >= 11 is 0. The lowest BCUT2D eigenvalue weighted by atomic mass is 9.99. The second-order valence-electron chi connectivity index (χ2n) is 5.95. The Morgan fingerprint density at radius 1 is 1.29 bits per heavy atom. The molecule has 1 aromatic carbocycles. The zero-order chi connectivity index (χ0) is 15.0. The number of likely N-dealkylation sites (tertiary alicyclic amines) is 1. The Hall–Kier alpha value is -1.75. The Bertz CT molecular complexity index is 545. The average molecular weight is 291 g/mol. The summed E-state index contributed by atoms with van der Waals surface area (Å²) in [6.45, 7) is 6.70. The molecule has 2 heterocycles. The van der Waals surface area contributed by atoms with Crippen LogP contribution in [0.2, 0.25) is 0 Å². The van der Waals surface area contributed by atoms with Gasteiger partial charge in [0, 0.05) is 19.1 Å². The molecule has 3 rings (SSSR count). The molecule has 5 heteroatoms. The maximum Gasteiger partial charge on any atom is 0.308 e. The van der Waals surface area contributed by atoms with Gasteiger partial charge in [-0.25, -0.2) is 0 Å². The molecule has 0 radical (unpaired) electrons. The van der Waals surface area contributed by atoms with Gasteiger partial charge >= 0.3 is 5.97 Å². The molecule has 0 aliphatic carbocycles. The molecule has 2 aliphatic rings. The summed E-state index contributed by atoms with van der Waals surface area (Å²) in [6.07, 6.45) is 0. The number of hydrogen-bond donors (Lipinski definition) is 1. The maximum absolute atomic E-state index is 11.2. The van der Waals surface area contributed by atoms with E-state index in [9.17, 15) is 9.90 Å². The molecular formula is C16H21NO4. The zero-order valence-electron chi connectivity index (χ0n) is 12.4. The van der Waals surface area contributed by atoms with Crippen LogP contribution in [0, 0.1) is 11.8 Å². The Morgan fingerprint density at radius 3 is 2.67 bits per heavy atom. The number of ether oxygens (including phenoxy) is 2. The third-order valence-electron chi connectivity index (χ3n) is 4.55. The first kappa shape index (κ1) is 14.2. The Balaban J connectivity index is 1.76. The van der Waals surface area contributed by atoms with Crippen molar-refractivity contribution in [2.75, 3.05) is 26.3 Å². The summed E-state index contributed by atoms with van der Waals surface area (Å²) in [6, 6.07) is 6.16.